The molecule has 2 aromatic rings. The van der Waals surface area contributed by atoms with Crippen LogP contribution in [0.5, 0.6) is 0 Å². The molecule has 90 valence electrons. The minimum atomic E-state index is -0.397. The van der Waals surface area contributed by atoms with Gasteiger partial charge < -0.3 is 11.1 Å². The molecule has 0 spiro atoms. The lowest BCUT2D eigenvalue weighted by atomic mass is 10.3. The maximum atomic E-state index is 11.6. The second kappa shape index (κ2) is 4.64. The van der Waals surface area contributed by atoms with E-state index in [0.29, 0.717) is 13.0 Å². The predicted octanol–water partition coefficient (Wildman–Crippen LogP) is -0.642. The summed E-state index contributed by atoms with van der Waals surface area (Å²) in [4.78, 5) is 11.6. The molecule has 0 aliphatic rings. The molecular formula is C9H12N6O2. The van der Waals surface area contributed by atoms with E-state index in [1.54, 1.807) is 10.9 Å². The second-order valence-electron chi connectivity index (χ2n) is 3.45. The van der Waals surface area contributed by atoms with E-state index in [1.807, 2.05) is 13.1 Å². The highest BCUT2D eigenvalue weighted by Crippen LogP contribution is 2.03. The summed E-state index contributed by atoms with van der Waals surface area (Å²) in [7, 11) is 1.84. The molecule has 2 heterocycles. The molecule has 1 amide bonds. The smallest absolute Gasteiger partial charge is 0.277 e. The number of aromatic nitrogens is 4. The van der Waals surface area contributed by atoms with Gasteiger partial charge in [-0.05, 0) is 16.4 Å². The van der Waals surface area contributed by atoms with Crippen molar-refractivity contribution in [2.45, 2.75) is 6.42 Å². The molecule has 0 aliphatic carbocycles. The van der Waals surface area contributed by atoms with E-state index < -0.39 is 5.91 Å². The molecule has 0 atom stereocenters. The zero-order valence-corrected chi connectivity index (χ0v) is 9.25. The quantitative estimate of drug-likeness (QED) is 0.730. The molecule has 2 aromatic heterocycles. The maximum absolute atomic E-state index is 11.6. The Kier molecular flexibility index (Phi) is 3.03. The van der Waals surface area contributed by atoms with Crippen LogP contribution in [0.2, 0.25) is 0 Å². The zero-order chi connectivity index (χ0) is 12.3. The highest BCUT2D eigenvalue weighted by Gasteiger charge is 2.15. The van der Waals surface area contributed by atoms with Gasteiger partial charge in [0.05, 0.1) is 0 Å². The highest BCUT2D eigenvalue weighted by molar-refractivity contribution is 5.95. The summed E-state index contributed by atoms with van der Waals surface area (Å²) in [5.41, 5.74) is 6.42. The van der Waals surface area contributed by atoms with Gasteiger partial charge in [-0.1, -0.05) is 0 Å². The molecular weight excluding hydrogens is 224 g/mol. The van der Waals surface area contributed by atoms with Crippen molar-refractivity contribution in [2.75, 3.05) is 12.3 Å². The third-order valence-corrected chi connectivity index (χ3v) is 2.32. The first-order valence-corrected chi connectivity index (χ1v) is 5.01. The van der Waals surface area contributed by atoms with Crippen LogP contribution in [-0.4, -0.2) is 32.5 Å². The summed E-state index contributed by atoms with van der Waals surface area (Å²) in [6.45, 7) is 0.463. The monoisotopic (exact) mass is 236 g/mol. The number of nitrogens with one attached hydrogen (secondary N) is 1. The fraction of sp³-hybridized carbons (Fsp3) is 0.333. The lowest BCUT2D eigenvalue weighted by Gasteiger charge is -2.03. The largest absolute Gasteiger partial charge is 0.379 e. The maximum Gasteiger partial charge on any atom is 0.277 e. The van der Waals surface area contributed by atoms with Gasteiger partial charge in [-0.25, -0.2) is 4.63 Å². The topological polar surface area (TPSA) is 112 Å². The van der Waals surface area contributed by atoms with Crippen LogP contribution in [0.15, 0.2) is 16.9 Å². The zero-order valence-electron chi connectivity index (χ0n) is 9.25. The van der Waals surface area contributed by atoms with Gasteiger partial charge in [0.1, 0.15) is 0 Å². The first-order chi connectivity index (χ1) is 8.18. The Hall–Kier alpha value is -2.38. The average Bonchev–Trinajstić information content (AvgIpc) is 2.88. The van der Waals surface area contributed by atoms with E-state index in [9.17, 15) is 4.79 Å². The number of carbonyl (C=O) groups excluding carboxylic acids is 1. The van der Waals surface area contributed by atoms with Crippen LogP contribution in [0.25, 0.3) is 0 Å². The van der Waals surface area contributed by atoms with Crippen molar-refractivity contribution < 1.29 is 9.42 Å². The van der Waals surface area contributed by atoms with Crippen LogP contribution >= 0.6 is 0 Å². The summed E-state index contributed by atoms with van der Waals surface area (Å²) in [5, 5.41) is 13.4. The van der Waals surface area contributed by atoms with Gasteiger partial charge in [0.25, 0.3) is 5.91 Å². The van der Waals surface area contributed by atoms with Crippen LogP contribution in [0.1, 0.15) is 16.2 Å². The van der Waals surface area contributed by atoms with Crippen LogP contribution < -0.4 is 11.1 Å². The molecule has 0 saturated carbocycles. The van der Waals surface area contributed by atoms with E-state index in [4.69, 9.17) is 5.73 Å². The van der Waals surface area contributed by atoms with Crippen molar-refractivity contribution in [3.63, 3.8) is 0 Å². The van der Waals surface area contributed by atoms with E-state index in [2.05, 4.69) is 25.4 Å². The Morgan fingerprint density at radius 3 is 3.00 bits per heavy atom. The molecule has 0 radical (unpaired) electrons. The Labute approximate surface area is 96.7 Å². The minimum Gasteiger partial charge on any atom is -0.379 e. The van der Waals surface area contributed by atoms with Gasteiger partial charge in [0, 0.05) is 31.9 Å². The van der Waals surface area contributed by atoms with Crippen molar-refractivity contribution in [3.8, 4) is 0 Å². The average molecular weight is 236 g/mol. The van der Waals surface area contributed by atoms with Gasteiger partial charge >= 0.3 is 0 Å². The minimum absolute atomic E-state index is 0.00926. The number of hydrogen-bond acceptors (Lipinski definition) is 6. The van der Waals surface area contributed by atoms with E-state index in [0.717, 1.165) is 5.69 Å². The molecule has 8 nitrogen and oxygen atoms in total. The normalized spacial score (nSPS) is 10.4. The second-order valence-corrected chi connectivity index (χ2v) is 3.45. The van der Waals surface area contributed by atoms with Crippen LogP contribution in [0, 0.1) is 0 Å². The van der Waals surface area contributed by atoms with Crippen molar-refractivity contribution >= 4 is 11.7 Å². The van der Waals surface area contributed by atoms with Gasteiger partial charge in [-0.2, -0.15) is 5.10 Å². The Morgan fingerprint density at radius 1 is 1.59 bits per heavy atom. The SMILES string of the molecule is Cn1nccc1CCNC(=O)c1nonc1N. The standard InChI is InChI=1S/C9H12N6O2/c1-15-6(3-5-12-15)2-4-11-9(16)7-8(10)14-17-13-7/h3,5H,2,4H2,1H3,(H2,10,14)(H,11,16). The first kappa shape index (κ1) is 11.1. The molecule has 0 fully saturated rings. The van der Waals surface area contributed by atoms with Crippen LogP contribution in [-0.2, 0) is 13.5 Å². The number of aryl methyl sites for hydroxylation is 1. The molecule has 8 heteroatoms. The number of nitrogens with zero attached hydrogens (tertiary/aromatic N) is 4. The van der Waals surface area contributed by atoms with Crippen LogP contribution in [0.3, 0.4) is 0 Å². The lowest BCUT2D eigenvalue weighted by molar-refractivity contribution is 0.0944. The number of carbonyl (C=O) groups is 1. The van der Waals surface area contributed by atoms with Crippen molar-refractivity contribution in [1.82, 2.24) is 25.4 Å². The molecule has 2 rings (SSSR count). The Morgan fingerprint density at radius 2 is 2.41 bits per heavy atom. The third-order valence-electron chi connectivity index (χ3n) is 2.32. The van der Waals surface area contributed by atoms with Crippen molar-refractivity contribution in [1.29, 1.82) is 0 Å². The number of anilines is 1. The van der Waals surface area contributed by atoms with E-state index in [1.165, 1.54) is 0 Å². The number of hydrogen-bond donors (Lipinski definition) is 2. The fourth-order valence-corrected chi connectivity index (χ4v) is 1.39. The number of nitrogen functional groups attached to an aromatic ring is 1. The van der Waals surface area contributed by atoms with Crippen molar-refractivity contribution in [2.24, 2.45) is 7.05 Å². The summed E-state index contributed by atoms with van der Waals surface area (Å²) in [6, 6.07) is 1.89. The molecule has 0 aromatic carbocycles. The van der Waals surface area contributed by atoms with Crippen LogP contribution in [0.4, 0.5) is 5.82 Å². The molecule has 17 heavy (non-hydrogen) atoms. The predicted molar refractivity (Wildman–Crippen MR) is 58.0 cm³/mol. The molecule has 0 unspecified atom stereocenters. The summed E-state index contributed by atoms with van der Waals surface area (Å²) >= 11 is 0. The Bertz CT molecular complexity index is 517. The third kappa shape index (κ3) is 2.41. The Balaban J connectivity index is 1.86. The van der Waals surface area contributed by atoms with Gasteiger partial charge in [0.15, 0.2) is 0 Å². The molecule has 3 N–H and O–H groups in total. The summed E-state index contributed by atoms with van der Waals surface area (Å²) in [6.07, 6.45) is 2.38. The number of amides is 1. The fourth-order valence-electron chi connectivity index (χ4n) is 1.39. The van der Waals surface area contributed by atoms with E-state index >= 15 is 0 Å². The molecule has 0 bridgehead atoms. The molecule has 0 saturated heterocycles. The first-order valence-electron chi connectivity index (χ1n) is 5.01. The highest BCUT2D eigenvalue weighted by atomic mass is 16.6. The van der Waals surface area contributed by atoms with Gasteiger partial charge in [-0.15, -0.1) is 0 Å². The lowest BCUT2D eigenvalue weighted by Crippen LogP contribution is -2.27. The van der Waals surface area contributed by atoms with Gasteiger partial charge in [-0.3, -0.25) is 9.48 Å². The van der Waals surface area contributed by atoms with Gasteiger partial charge in [0.2, 0.25) is 11.5 Å². The van der Waals surface area contributed by atoms with E-state index in [-0.39, 0.29) is 11.5 Å². The molecule has 0 aliphatic heterocycles. The summed E-state index contributed by atoms with van der Waals surface area (Å²) < 4.78 is 6.09. The number of rotatable bonds is 4. The van der Waals surface area contributed by atoms with Crippen molar-refractivity contribution in [3.05, 3.63) is 23.7 Å². The number of nitrogens with two attached hydrogens (primary N) is 1. The summed E-state index contributed by atoms with van der Waals surface area (Å²) in [5.74, 6) is -0.408.